The highest BCUT2D eigenvalue weighted by Gasteiger charge is 2.28. The van der Waals surface area contributed by atoms with Gasteiger partial charge >= 0.3 is 0 Å². The molecule has 1 fully saturated rings. The molecule has 1 heterocycles. The Hall–Kier alpha value is -0.870. The van der Waals surface area contributed by atoms with E-state index in [2.05, 4.69) is 5.32 Å². The summed E-state index contributed by atoms with van der Waals surface area (Å²) in [5.41, 5.74) is 5.36. The number of primary amides is 1. The van der Waals surface area contributed by atoms with E-state index in [4.69, 9.17) is 5.73 Å². The first-order valence-corrected chi connectivity index (χ1v) is 5.60. The van der Waals surface area contributed by atoms with Gasteiger partial charge in [0.25, 0.3) is 0 Å². The van der Waals surface area contributed by atoms with Gasteiger partial charge in [0, 0.05) is 15.8 Å². The lowest BCUT2D eigenvalue weighted by Gasteiger charge is -2.12. The van der Waals surface area contributed by atoms with Crippen LogP contribution in [0.4, 0.5) is 0 Å². The van der Waals surface area contributed by atoms with Crippen LogP contribution in [-0.2, 0) is 4.79 Å². The summed E-state index contributed by atoms with van der Waals surface area (Å²) in [4.78, 5) is 13.5. The molecule has 1 amide bonds. The molecule has 0 bridgehead atoms. The smallest absolute Gasteiger partial charge is 0.240 e. The molecule has 14 heavy (non-hydrogen) atoms. The number of nitrogens with one attached hydrogen (secondary N) is 1. The van der Waals surface area contributed by atoms with Crippen LogP contribution < -0.4 is 11.1 Å². The molecule has 0 aliphatic heterocycles. The molecule has 1 saturated carbocycles. The molecule has 0 spiro atoms. The second kappa shape index (κ2) is 3.71. The highest BCUT2D eigenvalue weighted by Crippen LogP contribution is 2.27. The maximum absolute atomic E-state index is 11.2. The Morgan fingerprint density at radius 3 is 2.79 bits per heavy atom. The Morgan fingerprint density at radius 1 is 1.64 bits per heavy atom. The van der Waals surface area contributed by atoms with E-state index in [0.29, 0.717) is 6.04 Å². The fourth-order valence-electron chi connectivity index (χ4n) is 1.40. The van der Waals surface area contributed by atoms with Gasteiger partial charge in [0.1, 0.15) is 6.04 Å². The quantitative estimate of drug-likeness (QED) is 0.788. The lowest BCUT2D eigenvalue weighted by molar-refractivity contribution is -0.120. The van der Waals surface area contributed by atoms with Gasteiger partial charge in [-0.15, -0.1) is 11.3 Å². The van der Waals surface area contributed by atoms with Crippen molar-refractivity contribution in [2.24, 2.45) is 5.73 Å². The molecule has 76 valence electrons. The lowest BCUT2D eigenvalue weighted by atomic mass is 10.2. The van der Waals surface area contributed by atoms with E-state index >= 15 is 0 Å². The average molecular weight is 210 g/mol. The van der Waals surface area contributed by atoms with Crippen LogP contribution in [0.25, 0.3) is 0 Å². The minimum Gasteiger partial charge on any atom is -0.368 e. The number of aryl methyl sites for hydroxylation is 1. The van der Waals surface area contributed by atoms with Crippen molar-refractivity contribution in [3.8, 4) is 0 Å². The number of hydrogen-bond acceptors (Lipinski definition) is 3. The summed E-state index contributed by atoms with van der Waals surface area (Å²) in [7, 11) is 0. The van der Waals surface area contributed by atoms with Crippen molar-refractivity contribution in [2.75, 3.05) is 0 Å². The SMILES string of the molecule is Cc1ccc(C(NC2CC2)C(N)=O)s1. The van der Waals surface area contributed by atoms with Gasteiger partial charge in [-0.25, -0.2) is 0 Å². The predicted octanol–water partition coefficient (Wildman–Crippen LogP) is 1.33. The molecular weight excluding hydrogens is 196 g/mol. The number of thiophene rings is 1. The molecule has 4 heteroatoms. The van der Waals surface area contributed by atoms with E-state index in [1.54, 1.807) is 11.3 Å². The zero-order valence-electron chi connectivity index (χ0n) is 8.12. The molecule has 3 N–H and O–H groups in total. The second-order valence-electron chi connectivity index (χ2n) is 3.72. The molecule has 2 rings (SSSR count). The largest absolute Gasteiger partial charge is 0.368 e. The summed E-state index contributed by atoms with van der Waals surface area (Å²) in [5.74, 6) is -0.279. The summed E-state index contributed by atoms with van der Waals surface area (Å²) in [6.07, 6.45) is 2.32. The fourth-order valence-corrected chi connectivity index (χ4v) is 2.34. The van der Waals surface area contributed by atoms with Gasteiger partial charge in [0.05, 0.1) is 0 Å². The van der Waals surface area contributed by atoms with E-state index < -0.39 is 0 Å². The molecule has 0 radical (unpaired) electrons. The van der Waals surface area contributed by atoms with E-state index in [-0.39, 0.29) is 11.9 Å². The van der Waals surface area contributed by atoms with Gasteiger partial charge in [0.2, 0.25) is 5.91 Å². The number of amides is 1. The van der Waals surface area contributed by atoms with Crippen LogP contribution >= 0.6 is 11.3 Å². The van der Waals surface area contributed by atoms with Crippen LogP contribution in [0.3, 0.4) is 0 Å². The number of carbonyl (C=O) groups is 1. The highest BCUT2D eigenvalue weighted by molar-refractivity contribution is 7.12. The third kappa shape index (κ3) is 2.13. The van der Waals surface area contributed by atoms with Gasteiger partial charge < -0.3 is 5.73 Å². The summed E-state index contributed by atoms with van der Waals surface area (Å²) < 4.78 is 0. The lowest BCUT2D eigenvalue weighted by Crippen LogP contribution is -2.34. The highest BCUT2D eigenvalue weighted by atomic mass is 32.1. The number of carbonyl (C=O) groups excluding carboxylic acids is 1. The van der Waals surface area contributed by atoms with Gasteiger partial charge in [-0.3, -0.25) is 10.1 Å². The van der Waals surface area contributed by atoms with Gasteiger partial charge in [-0.1, -0.05) is 0 Å². The van der Waals surface area contributed by atoms with Crippen LogP contribution in [0.2, 0.25) is 0 Å². The molecule has 0 saturated heterocycles. The van der Waals surface area contributed by atoms with Crippen molar-refractivity contribution in [1.29, 1.82) is 0 Å². The Morgan fingerprint density at radius 2 is 2.36 bits per heavy atom. The van der Waals surface area contributed by atoms with Crippen molar-refractivity contribution in [1.82, 2.24) is 5.32 Å². The predicted molar refractivity (Wildman–Crippen MR) is 57.1 cm³/mol. The van der Waals surface area contributed by atoms with E-state index in [0.717, 1.165) is 17.7 Å². The van der Waals surface area contributed by atoms with Crippen LogP contribution in [0, 0.1) is 6.92 Å². The Labute approximate surface area is 87.3 Å². The summed E-state index contributed by atoms with van der Waals surface area (Å²) in [5, 5.41) is 3.26. The zero-order chi connectivity index (χ0) is 10.1. The first-order chi connectivity index (χ1) is 6.66. The van der Waals surface area contributed by atoms with Crippen LogP contribution in [0.15, 0.2) is 12.1 Å². The second-order valence-corrected chi connectivity index (χ2v) is 5.04. The molecule has 1 aliphatic rings. The van der Waals surface area contributed by atoms with E-state index in [1.807, 2.05) is 19.1 Å². The fraction of sp³-hybridized carbons (Fsp3) is 0.500. The van der Waals surface area contributed by atoms with Crippen molar-refractivity contribution >= 4 is 17.2 Å². The summed E-state index contributed by atoms with van der Waals surface area (Å²) in [6.45, 7) is 2.03. The first kappa shape index (κ1) is 9.68. The maximum atomic E-state index is 11.2. The van der Waals surface area contributed by atoms with E-state index in [9.17, 15) is 4.79 Å². The summed E-state index contributed by atoms with van der Waals surface area (Å²) in [6, 6.07) is 4.20. The zero-order valence-corrected chi connectivity index (χ0v) is 8.93. The monoisotopic (exact) mass is 210 g/mol. The van der Waals surface area contributed by atoms with Crippen LogP contribution in [-0.4, -0.2) is 11.9 Å². The minimum absolute atomic E-state index is 0.279. The number of nitrogens with two attached hydrogens (primary N) is 1. The standard InChI is InChI=1S/C10H14N2OS/c1-6-2-5-8(14-6)9(10(11)13)12-7-3-4-7/h2,5,7,9,12H,3-4H2,1H3,(H2,11,13). The summed E-state index contributed by atoms with van der Waals surface area (Å²) >= 11 is 1.63. The number of rotatable bonds is 4. The molecule has 0 aromatic carbocycles. The minimum atomic E-state index is -0.291. The van der Waals surface area contributed by atoms with Gasteiger partial charge in [-0.2, -0.15) is 0 Å². The molecule has 1 atom stereocenters. The molecule has 1 aromatic heterocycles. The van der Waals surface area contributed by atoms with Crippen LogP contribution in [0.5, 0.6) is 0 Å². The average Bonchev–Trinajstić information content (AvgIpc) is 2.84. The van der Waals surface area contributed by atoms with Crippen molar-refractivity contribution in [3.05, 3.63) is 21.9 Å². The van der Waals surface area contributed by atoms with Crippen molar-refractivity contribution in [3.63, 3.8) is 0 Å². The normalized spacial score (nSPS) is 18.1. The number of hydrogen-bond donors (Lipinski definition) is 2. The first-order valence-electron chi connectivity index (χ1n) is 4.78. The molecule has 1 aliphatic carbocycles. The topological polar surface area (TPSA) is 55.1 Å². The molecule has 1 aromatic rings. The molecule has 3 nitrogen and oxygen atoms in total. The third-order valence-corrected chi connectivity index (χ3v) is 3.38. The Kier molecular flexibility index (Phi) is 2.56. The van der Waals surface area contributed by atoms with Gasteiger partial charge in [-0.05, 0) is 31.9 Å². The van der Waals surface area contributed by atoms with Gasteiger partial charge in [0.15, 0.2) is 0 Å². The van der Waals surface area contributed by atoms with Crippen molar-refractivity contribution < 1.29 is 4.79 Å². The van der Waals surface area contributed by atoms with Crippen molar-refractivity contribution in [2.45, 2.75) is 31.8 Å². The Bertz CT molecular complexity index is 344. The van der Waals surface area contributed by atoms with E-state index in [1.165, 1.54) is 4.88 Å². The molecular formula is C10H14N2OS. The molecule has 1 unspecified atom stereocenters. The maximum Gasteiger partial charge on any atom is 0.240 e. The third-order valence-electron chi connectivity index (χ3n) is 2.31. The Balaban J connectivity index is 2.12. The van der Waals surface area contributed by atoms with Crippen LogP contribution in [0.1, 0.15) is 28.6 Å².